The molecule has 2 aliphatic heterocycles. The van der Waals surface area contributed by atoms with Crippen LogP contribution in [-0.2, 0) is 5.41 Å². The van der Waals surface area contributed by atoms with E-state index in [4.69, 9.17) is 4.74 Å². The number of fused-ring (bicyclic) bond motifs is 5. The van der Waals surface area contributed by atoms with E-state index in [1.54, 1.807) is 0 Å². The Hall–Kier alpha value is -6.46. The molecule has 0 amide bonds. The van der Waals surface area contributed by atoms with Gasteiger partial charge in [-0.25, -0.2) is 0 Å². The molecule has 0 saturated heterocycles. The van der Waals surface area contributed by atoms with Crippen LogP contribution in [0.15, 0.2) is 164 Å². The van der Waals surface area contributed by atoms with E-state index in [0.717, 1.165) is 29.5 Å². The van der Waals surface area contributed by atoms with E-state index in [1.807, 2.05) is 12.1 Å². The molecular formula is C48H40N4O. The summed E-state index contributed by atoms with van der Waals surface area (Å²) in [6, 6.07) is 58.7. The van der Waals surface area contributed by atoms with Gasteiger partial charge >= 0.3 is 0 Å². The van der Waals surface area contributed by atoms with Gasteiger partial charge < -0.3 is 24.3 Å². The highest BCUT2D eigenvalue weighted by molar-refractivity contribution is 6.02. The minimum atomic E-state index is -0.105. The number of para-hydroxylation sites is 4. The molecule has 0 N–H and O–H groups in total. The van der Waals surface area contributed by atoms with Gasteiger partial charge in [-0.1, -0.05) is 117 Å². The average Bonchev–Trinajstić information content (AvgIpc) is 3.83. The Labute approximate surface area is 311 Å². The predicted octanol–water partition coefficient (Wildman–Crippen LogP) is 12.2. The zero-order valence-electron chi connectivity index (χ0n) is 30.2. The molecule has 10 rings (SSSR count). The molecule has 0 bridgehead atoms. The van der Waals surface area contributed by atoms with Gasteiger partial charge in [0.25, 0.3) is 0 Å². The van der Waals surface area contributed by atoms with Gasteiger partial charge in [-0.3, -0.25) is 0 Å². The maximum atomic E-state index is 6.61. The van der Waals surface area contributed by atoms with Crippen LogP contribution in [0.2, 0.25) is 0 Å². The van der Waals surface area contributed by atoms with Gasteiger partial charge in [0.1, 0.15) is 18.2 Å². The highest BCUT2D eigenvalue weighted by Gasteiger charge is 2.40. The second-order valence-corrected chi connectivity index (χ2v) is 14.8. The SMILES string of the molecule is CN1CN(c2cccc(Oc3cccc(N4CN(c5c(-c6ccccc6)ccc6c5-c5ccccc5C6(C)C)c5ccccc54)c3)c2)c2ccccc21. The first kappa shape index (κ1) is 31.3. The van der Waals surface area contributed by atoms with Crippen molar-refractivity contribution in [1.29, 1.82) is 0 Å². The third-order valence-corrected chi connectivity index (χ3v) is 11.3. The van der Waals surface area contributed by atoms with Crippen molar-refractivity contribution in [2.75, 3.05) is 40.0 Å². The number of benzene rings is 7. The van der Waals surface area contributed by atoms with E-state index in [-0.39, 0.29) is 5.41 Å². The van der Waals surface area contributed by atoms with Crippen LogP contribution in [0, 0.1) is 0 Å². The van der Waals surface area contributed by atoms with Crippen LogP contribution >= 0.6 is 0 Å². The molecule has 53 heavy (non-hydrogen) atoms. The van der Waals surface area contributed by atoms with Crippen LogP contribution in [0.5, 0.6) is 11.5 Å². The van der Waals surface area contributed by atoms with E-state index < -0.39 is 0 Å². The van der Waals surface area contributed by atoms with Crippen molar-refractivity contribution in [2.24, 2.45) is 0 Å². The number of hydrogen-bond acceptors (Lipinski definition) is 5. The van der Waals surface area contributed by atoms with Crippen LogP contribution < -0.4 is 24.3 Å². The van der Waals surface area contributed by atoms with Gasteiger partial charge in [-0.05, 0) is 70.8 Å². The zero-order valence-corrected chi connectivity index (χ0v) is 30.2. The van der Waals surface area contributed by atoms with Crippen LogP contribution in [0.25, 0.3) is 22.3 Å². The van der Waals surface area contributed by atoms with Crippen molar-refractivity contribution < 1.29 is 4.74 Å². The largest absolute Gasteiger partial charge is 0.457 e. The molecule has 258 valence electrons. The number of ether oxygens (including phenoxy) is 1. The summed E-state index contributed by atoms with van der Waals surface area (Å²) in [4.78, 5) is 9.54. The smallest absolute Gasteiger partial charge is 0.129 e. The summed E-state index contributed by atoms with van der Waals surface area (Å²) in [5, 5.41) is 0. The molecule has 0 aromatic heterocycles. The van der Waals surface area contributed by atoms with E-state index >= 15 is 0 Å². The van der Waals surface area contributed by atoms with Crippen molar-refractivity contribution in [3.8, 4) is 33.8 Å². The lowest BCUT2D eigenvalue weighted by Gasteiger charge is -2.28. The van der Waals surface area contributed by atoms with E-state index in [1.165, 1.54) is 61.8 Å². The maximum absolute atomic E-state index is 6.61. The van der Waals surface area contributed by atoms with Crippen molar-refractivity contribution in [1.82, 2.24) is 0 Å². The van der Waals surface area contributed by atoms with E-state index in [9.17, 15) is 0 Å². The molecule has 3 aliphatic rings. The first-order valence-electron chi connectivity index (χ1n) is 18.4. The van der Waals surface area contributed by atoms with Crippen LogP contribution in [0.3, 0.4) is 0 Å². The van der Waals surface area contributed by atoms with Crippen LogP contribution in [0.4, 0.5) is 39.8 Å². The third kappa shape index (κ3) is 4.99. The molecular weight excluding hydrogens is 649 g/mol. The van der Waals surface area contributed by atoms with Crippen molar-refractivity contribution in [3.05, 3.63) is 175 Å². The maximum Gasteiger partial charge on any atom is 0.129 e. The summed E-state index contributed by atoms with van der Waals surface area (Å²) in [5.41, 5.74) is 16.0. The molecule has 0 unspecified atom stereocenters. The molecule has 2 heterocycles. The van der Waals surface area contributed by atoms with Gasteiger partial charge in [-0.2, -0.15) is 0 Å². The fraction of sp³-hybridized carbons (Fsp3) is 0.125. The summed E-state index contributed by atoms with van der Waals surface area (Å²) >= 11 is 0. The standard InChI is InChI=1S/C48H40N4O/c1-48(2)40-22-8-7-21-39(40)46-41(48)28-27-38(33-15-5-4-6-16-33)47(46)52-32-51(44-25-11-12-26-45(44)52)35-18-14-20-37(30-35)53-36-19-13-17-34(29-36)50-31-49(3)42-23-9-10-24-43(42)50/h4-30H,31-32H2,1-3H3. The Morgan fingerprint density at radius 1 is 0.472 bits per heavy atom. The van der Waals surface area contributed by atoms with Crippen LogP contribution in [0.1, 0.15) is 25.0 Å². The quantitative estimate of drug-likeness (QED) is 0.173. The molecule has 7 aromatic rings. The summed E-state index contributed by atoms with van der Waals surface area (Å²) < 4.78 is 6.61. The van der Waals surface area contributed by atoms with Crippen molar-refractivity contribution >= 4 is 39.8 Å². The Morgan fingerprint density at radius 3 is 1.74 bits per heavy atom. The second-order valence-electron chi connectivity index (χ2n) is 14.8. The molecule has 0 spiro atoms. The molecule has 0 saturated carbocycles. The van der Waals surface area contributed by atoms with Gasteiger partial charge in [-0.15, -0.1) is 0 Å². The fourth-order valence-electron chi connectivity index (χ4n) is 8.70. The minimum Gasteiger partial charge on any atom is -0.457 e. The first-order valence-corrected chi connectivity index (χ1v) is 18.4. The summed E-state index contributed by atoms with van der Waals surface area (Å²) in [6.45, 7) is 6.18. The summed E-state index contributed by atoms with van der Waals surface area (Å²) in [7, 11) is 2.13. The highest BCUT2D eigenvalue weighted by atomic mass is 16.5. The van der Waals surface area contributed by atoms with Gasteiger partial charge in [0, 0.05) is 47.1 Å². The van der Waals surface area contributed by atoms with Crippen molar-refractivity contribution in [3.63, 3.8) is 0 Å². The Morgan fingerprint density at radius 2 is 1.04 bits per heavy atom. The monoisotopic (exact) mass is 688 g/mol. The van der Waals surface area contributed by atoms with E-state index in [0.29, 0.717) is 6.67 Å². The molecule has 0 radical (unpaired) electrons. The highest BCUT2D eigenvalue weighted by Crippen LogP contribution is 2.57. The number of rotatable bonds is 6. The third-order valence-electron chi connectivity index (χ3n) is 11.3. The van der Waals surface area contributed by atoms with Crippen LogP contribution in [-0.4, -0.2) is 20.4 Å². The lowest BCUT2D eigenvalue weighted by atomic mass is 9.82. The normalized spacial score (nSPS) is 14.9. The predicted molar refractivity (Wildman–Crippen MR) is 220 cm³/mol. The average molecular weight is 689 g/mol. The molecule has 0 fully saturated rings. The summed E-state index contributed by atoms with van der Waals surface area (Å²) in [5.74, 6) is 1.61. The lowest BCUT2D eigenvalue weighted by molar-refractivity contribution is 0.483. The van der Waals surface area contributed by atoms with Gasteiger partial charge in [0.05, 0.1) is 35.1 Å². The first-order chi connectivity index (χ1) is 26.0. The Balaban J connectivity index is 1.03. The summed E-state index contributed by atoms with van der Waals surface area (Å²) in [6.07, 6.45) is 0. The molecule has 7 aromatic carbocycles. The minimum absolute atomic E-state index is 0.105. The molecule has 5 nitrogen and oxygen atoms in total. The Bertz CT molecular complexity index is 2520. The zero-order chi connectivity index (χ0) is 35.7. The molecule has 1 aliphatic carbocycles. The number of hydrogen-bond donors (Lipinski definition) is 0. The fourth-order valence-corrected chi connectivity index (χ4v) is 8.70. The topological polar surface area (TPSA) is 22.2 Å². The van der Waals surface area contributed by atoms with Gasteiger partial charge in [0.2, 0.25) is 0 Å². The van der Waals surface area contributed by atoms with Gasteiger partial charge in [0.15, 0.2) is 0 Å². The lowest BCUT2D eigenvalue weighted by Crippen LogP contribution is -2.25. The Kier molecular flexibility index (Phi) is 7.12. The molecule has 0 atom stereocenters. The van der Waals surface area contributed by atoms with E-state index in [2.05, 4.69) is 192 Å². The number of nitrogens with zero attached hydrogens (tertiary/aromatic N) is 4. The molecule has 5 heteroatoms. The second kappa shape index (κ2) is 12.1. The van der Waals surface area contributed by atoms with Crippen molar-refractivity contribution in [2.45, 2.75) is 19.3 Å². The number of anilines is 7.